The van der Waals surface area contributed by atoms with Crippen molar-refractivity contribution in [1.82, 2.24) is 0 Å². The maximum atomic E-state index is 13.6. The molecule has 1 nitrogen and oxygen atoms in total. The Hall–Kier alpha value is -1.97. The zero-order valence-electron chi connectivity index (χ0n) is 11.2. The zero-order valence-corrected chi connectivity index (χ0v) is 11.2. The van der Waals surface area contributed by atoms with Gasteiger partial charge in [-0.05, 0) is 18.4 Å². The molecule has 0 aliphatic carbocycles. The molecule has 106 valence electrons. The van der Waals surface area contributed by atoms with Crippen molar-refractivity contribution in [2.75, 3.05) is 5.32 Å². The summed E-state index contributed by atoms with van der Waals surface area (Å²) in [7, 11) is 0. The van der Waals surface area contributed by atoms with E-state index in [1.54, 1.807) is 0 Å². The predicted octanol–water partition coefficient (Wildman–Crippen LogP) is 4.54. The second-order valence-corrected chi connectivity index (χ2v) is 4.69. The minimum atomic E-state index is -1.18. The van der Waals surface area contributed by atoms with Crippen molar-refractivity contribution in [2.45, 2.75) is 25.8 Å². The van der Waals surface area contributed by atoms with Crippen molar-refractivity contribution < 1.29 is 13.2 Å². The molecule has 0 saturated heterocycles. The van der Waals surface area contributed by atoms with Crippen LogP contribution in [0.1, 0.15) is 18.9 Å². The molecule has 4 heteroatoms. The van der Waals surface area contributed by atoms with Crippen molar-refractivity contribution in [3.05, 3.63) is 65.5 Å². The summed E-state index contributed by atoms with van der Waals surface area (Å²) in [5.41, 5.74) is 0.953. The molecular weight excluding hydrogens is 263 g/mol. The summed E-state index contributed by atoms with van der Waals surface area (Å²) in [6.45, 7) is 1.94. The van der Waals surface area contributed by atoms with Crippen molar-refractivity contribution in [2.24, 2.45) is 0 Å². The van der Waals surface area contributed by atoms with Crippen molar-refractivity contribution >= 4 is 5.69 Å². The first kappa shape index (κ1) is 14.4. The van der Waals surface area contributed by atoms with Gasteiger partial charge in [0, 0.05) is 18.2 Å². The Kier molecular flexibility index (Phi) is 4.66. The smallest absolute Gasteiger partial charge is 0.182 e. The fourth-order valence-corrected chi connectivity index (χ4v) is 2.08. The number of rotatable bonds is 5. The summed E-state index contributed by atoms with van der Waals surface area (Å²) in [5, 5.41) is 2.87. The van der Waals surface area contributed by atoms with Gasteiger partial charge in [-0.3, -0.25) is 0 Å². The Morgan fingerprint density at radius 3 is 2.40 bits per heavy atom. The van der Waals surface area contributed by atoms with Gasteiger partial charge in [0.2, 0.25) is 0 Å². The van der Waals surface area contributed by atoms with Crippen LogP contribution in [0.15, 0.2) is 42.5 Å². The summed E-state index contributed by atoms with van der Waals surface area (Å²) in [6.07, 6.45) is 1.38. The lowest BCUT2D eigenvalue weighted by molar-refractivity contribution is 0.495. The number of anilines is 1. The fraction of sp³-hybridized carbons (Fsp3) is 0.250. The van der Waals surface area contributed by atoms with E-state index in [9.17, 15) is 13.2 Å². The van der Waals surface area contributed by atoms with Crippen molar-refractivity contribution in [3.8, 4) is 0 Å². The molecule has 1 unspecified atom stereocenters. The van der Waals surface area contributed by atoms with Crippen LogP contribution in [0.5, 0.6) is 0 Å². The average molecular weight is 279 g/mol. The summed E-state index contributed by atoms with van der Waals surface area (Å²) in [5.74, 6) is -3.01. The molecule has 1 atom stereocenters. The average Bonchev–Trinajstić information content (AvgIpc) is 2.44. The number of nitrogens with one attached hydrogen (secondary N) is 1. The highest BCUT2D eigenvalue weighted by atomic mass is 19.2. The molecule has 1 N–H and O–H groups in total. The third-order valence-corrected chi connectivity index (χ3v) is 3.17. The maximum Gasteiger partial charge on any atom is 0.182 e. The molecule has 0 aliphatic rings. The van der Waals surface area contributed by atoms with Gasteiger partial charge in [-0.25, -0.2) is 13.2 Å². The number of hydrogen-bond donors (Lipinski definition) is 1. The quantitative estimate of drug-likeness (QED) is 0.792. The van der Waals surface area contributed by atoms with Crippen molar-refractivity contribution in [1.29, 1.82) is 0 Å². The summed E-state index contributed by atoms with van der Waals surface area (Å²) >= 11 is 0. The highest BCUT2D eigenvalue weighted by Gasteiger charge is 2.14. The van der Waals surface area contributed by atoms with Gasteiger partial charge in [-0.2, -0.15) is 0 Å². The fourth-order valence-electron chi connectivity index (χ4n) is 2.08. The number of halogens is 3. The van der Waals surface area contributed by atoms with E-state index < -0.39 is 17.5 Å². The highest BCUT2D eigenvalue weighted by molar-refractivity contribution is 5.46. The third-order valence-electron chi connectivity index (χ3n) is 3.17. The standard InChI is InChI=1S/C16H16F3N/c1-2-13(8-11-6-4-3-5-7-11)20-15-10-12(17)9-14(18)16(15)19/h3-7,9-10,13,20H,2,8H2,1H3. The van der Waals surface area contributed by atoms with Crippen LogP contribution >= 0.6 is 0 Å². The van der Waals surface area contributed by atoms with Gasteiger partial charge in [0.25, 0.3) is 0 Å². The molecule has 2 aromatic carbocycles. The molecule has 2 rings (SSSR count). The van der Waals surface area contributed by atoms with Crippen LogP contribution in [0.25, 0.3) is 0 Å². The van der Waals surface area contributed by atoms with E-state index in [0.717, 1.165) is 11.6 Å². The molecule has 0 aliphatic heterocycles. The van der Waals surface area contributed by atoms with Crippen LogP contribution in [0.3, 0.4) is 0 Å². The number of hydrogen-bond acceptors (Lipinski definition) is 1. The largest absolute Gasteiger partial charge is 0.379 e. The van der Waals surface area contributed by atoms with Crippen LogP contribution in [-0.4, -0.2) is 6.04 Å². The second kappa shape index (κ2) is 6.46. The highest BCUT2D eigenvalue weighted by Crippen LogP contribution is 2.21. The normalized spacial score (nSPS) is 12.2. The van der Waals surface area contributed by atoms with Crippen molar-refractivity contribution in [3.63, 3.8) is 0 Å². The molecule has 0 amide bonds. The van der Waals surface area contributed by atoms with E-state index in [1.807, 2.05) is 37.3 Å². The second-order valence-electron chi connectivity index (χ2n) is 4.69. The van der Waals surface area contributed by atoms with Crippen LogP contribution < -0.4 is 5.32 Å². The van der Waals surface area contributed by atoms with E-state index in [1.165, 1.54) is 0 Å². The third kappa shape index (κ3) is 3.53. The van der Waals surface area contributed by atoms with Gasteiger partial charge in [0.1, 0.15) is 5.82 Å². The Morgan fingerprint density at radius 1 is 1.05 bits per heavy atom. The van der Waals surface area contributed by atoms with E-state index in [2.05, 4.69) is 5.32 Å². The monoisotopic (exact) mass is 279 g/mol. The van der Waals surface area contributed by atoms with Gasteiger partial charge < -0.3 is 5.32 Å². The molecule has 0 spiro atoms. The maximum absolute atomic E-state index is 13.6. The molecule has 20 heavy (non-hydrogen) atoms. The lowest BCUT2D eigenvalue weighted by Gasteiger charge is -2.19. The van der Waals surface area contributed by atoms with E-state index in [-0.39, 0.29) is 11.7 Å². The first-order chi connectivity index (χ1) is 9.60. The van der Waals surface area contributed by atoms with E-state index >= 15 is 0 Å². The lowest BCUT2D eigenvalue weighted by Crippen LogP contribution is -2.22. The molecule has 0 bridgehead atoms. The van der Waals surface area contributed by atoms with E-state index in [0.29, 0.717) is 18.9 Å². The van der Waals surface area contributed by atoms with Gasteiger partial charge in [-0.1, -0.05) is 37.3 Å². The first-order valence-electron chi connectivity index (χ1n) is 6.55. The Labute approximate surface area is 116 Å². The van der Waals surface area contributed by atoms with Gasteiger partial charge in [-0.15, -0.1) is 0 Å². The SMILES string of the molecule is CCC(Cc1ccccc1)Nc1cc(F)cc(F)c1F. The minimum absolute atomic E-state index is 0.0897. The molecule has 2 aromatic rings. The van der Waals surface area contributed by atoms with Crippen LogP contribution in [0, 0.1) is 17.5 Å². The van der Waals surface area contributed by atoms with Gasteiger partial charge >= 0.3 is 0 Å². The summed E-state index contributed by atoms with van der Waals surface area (Å²) in [6, 6.07) is 11.1. The Morgan fingerprint density at radius 2 is 1.75 bits per heavy atom. The number of benzene rings is 2. The minimum Gasteiger partial charge on any atom is -0.379 e. The molecule has 0 radical (unpaired) electrons. The summed E-state index contributed by atoms with van der Waals surface area (Å²) in [4.78, 5) is 0. The first-order valence-corrected chi connectivity index (χ1v) is 6.55. The molecular formula is C16H16F3N. The Bertz CT molecular complexity index is 569. The topological polar surface area (TPSA) is 12.0 Å². The lowest BCUT2D eigenvalue weighted by atomic mass is 10.0. The molecule has 0 aromatic heterocycles. The molecule has 0 fully saturated rings. The van der Waals surface area contributed by atoms with Crippen LogP contribution in [-0.2, 0) is 6.42 Å². The predicted molar refractivity (Wildman–Crippen MR) is 74.2 cm³/mol. The van der Waals surface area contributed by atoms with Crippen LogP contribution in [0.2, 0.25) is 0 Å². The van der Waals surface area contributed by atoms with Gasteiger partial charge in [0.15, 0.2) is 11.6 Å². The zero-order chi connectivity index (χ0) is 14.5. The molecule has 0 saturated carbocycles. The summed E-state index contributed by atoms with van der Waals surface area (Å²) < 4.78 is 39.9. The Balaban J connectivity index is 2.14. The van der Waals surface area contributed by atoms with Gasteiger partial charge in [0.05, 0.1) is 5.69 Å². The van der Waals surface area contributed by atoms with Crippen LogP contribution in [0.4, 0.5) is 18.9 Å². The molecule has 0 heterocycles. The van der Waals surface area contributed by atoms with E-state index in [4.69, 9.17) is 0 Å².